The highest BCUT2D eigenvalue weighted by molar-refractivity contribution is 7.72. The maximum atomic E-state index is 12.6. The molecular formula is C22H38N2O2S2. The van der Waals surface area contributed by atoms with Crippen molar-refractivity contribution in [3.63, 3.8) is 0 Å². The fourth-order valence-electron chi connectivity index (χ4n) is 3.49. The van der Waals surface area contributed by atoms with Crippen molar-refractivity contribution in [3.05, 3.63) is 21.7 Å². The number of nitrogens with zero attached hydrogens (tertiary/aromatic N) is 2. The van der Waals surface area contributed by atoms with E-state index in [4.69, 9.17) is 29.2 Å². The van der Waals surface area contributed by atoms with Crippen LogP contribution in [0.15, 0.2) is 12.3 Å². The van der Waals surface area contributed by atoms with Gasteiger partial charge in [0.1, 0.15) is 4.64 Å². The molecule has 0 spiro atoms. The molecule has 0 saturated heterocycles. The zero-order chi connectivity index (χ0) is 21.3. The third kappa shape index (κ3) is 7.11. The second-order valence-electron chi connectivity index (χ2n) is 8.59. The maximum absolute atomic E-state index is 12.6. The predicted molar refractivity (Wildman–Crippen MR) is 122 cm³/mol. The number of aromatic nitrogens is 2. The van der Waals surface area contributed by atoms with Gasteiger partial charge in [-0.2, -0.15) is 0 Å². The molecule has 1 heterocycles. The Balaban J connectivity index is 2.36. The number of carbonyl (C=O) groups excluding carboxylic acids is 1. The largest absolute Gasteiger partial charge is 0.465 e. The molecule has 0 amide bonds. The summed E-state index contributed by atoms with van der Waals surface area (Å²) in [5, 5.41) is 0. The molecule has 0 fully saturated rings. The van der Waals surface area contributed by atoms with Crippen LogP contribution in [0.25, 0.3) is 0 Å². The number of aryl methyl sites for hydroxylation is 1. The third-order valence-electron chi connectivity index (χ3n) is 5.56. The second kappa shape index (κ2) is 11.9. The number of hydrogen-bond donors (Lipinski definition) is 0. The molecule has 0 radical (unpaired) electrons. The van der Waals surface area contributed by atoms with Crippen molar-refractivity contribution in [2.24, 2.45) is 17.3 Å². The fraction of sp³-hybridized carbons (Fsp3) is 0.773. The molecule has 1 aromatic rings. The molecule has 0 aromatic carbocycles. The number of carbonyl (C=O) groups is 1. The minimum absolute atomic E-state index is 0.0457. The Bertz CT molecular complexity index is 737. The van der Waals surface area contributed by atoms with Crippen molar-refractivity contribution in [2.75, 3.05) is 6.61 Å². The zero-order valence-corrected chi connectivity index (χ0v) is 20.1. The lowest BCUT2D eigenvalue weighted by Crippen LogP contribution is -2.36. The van der Waals surface area contributed by atoms with Crippen LogP contribution in [0.5, 0.6) is 0 Å². The van der Waals surface area contributed by atoms with Crippen LogP contribution in [0.1, 0.15) is 73.6 Å². The maximum Gasteiger partial charge on any atom is 0.312 e. The van der Waals surface area contributed by atoms with Gasteiger partial charge in [-0.05, 0) is 69.7 Å². The first kappa shape index (κ1) is 25.0. The molecule has 4 nitrogen and oxygen atoms in total. The van der Waals surface area contributed by atoms with Gasteiger partial charge in [-0.25, -0.2) is 0 Å². The van der Waals surface area contributed by atoms with Gasteiger partial charge >= 0.3 is 5.97 Å². The van der Waals surface area contributed by atoms with E-state index in [2.05, 4.69) is 39.2 Å². The summed E-state index contributed by atoms with van der Waals surface area (Å²) in [6.45, 7) is 14.8. The molecule has 0 aliphatic carbocycles. The van der Waals surface area contributed by atoms with Crippen molar-refractivity contribution in [1.82, 2.24) is 9.13 Å². The van der Waals surface area contributed by atoms with Crippen LogP contribution >= 0.6 is 24.4 Å². The molecular weight excluding hydrogens is 388 g/mol. The van der Waals surface area contributed by atoms with Crippen LogP contribution in [-0.2, 0) is 22.6 Å². The molecule has 160 valence electrons. The number of ether oxygens (including phenoxy) is 1. The van der Waals surface area contributed by atoms with E-state index in [0.29, 0.717) is 12.5 Å². The van der Waals surface area contributed by atoms with Gasteiger partial charge in [0, 0.05) is 19.3 Å². The van der Waals surface area contributed by atoms with Gasteiger partial charge in [0.15, 0.2) is 4.77 Å². The summed E-state index contributed by atoms with van der Waals surface area (Å²) in [6, 6.07) is 1.94. The van der Waals surface area contributed by atoms with E-state index >= 15 is 0 Å². The number of rotatable bonds is 12. The van der Waals surface area contributed by atoms with Gasteiger partial charge in [-0.1, -0.05) is 46.3 Å². The molecule has 1 unspecified atom stereocenters. The lowest BCUT2D eigenvalue weighted by molar-refractivity contribution is -0.159. The van der Waals surface area contributed by atoms with Crippen molar-refractivity contribution in [1.29, 1.82) is 0 Å². The Kier molecular flexibility index (Phi) is 10.6. The molecule has 0 saturated carbocycles. The monoisotopic (exact) mass is 426 g/mol. The van der Waals surface area contributed by atoms with Crippen molar-refractivity contribution in [3.8, 4) is 0 Å². The normalized spacial score (nSPS) is 13.7. The highest BCUT2D eigenvalue weighted by Crippen LogP contribution is 2.35. The van der Waals surface area contributed by atoms with Gasteiger partial charge in [0.25, 0.3) is 0 Å². The average molecular weight is 427 g/mol. The predicted octanol–water partition coefficient (Wildman–Crippen LogP) is 6.58. The summed E-state index contributed by atoms with van der Waals surface area (Å²) in [5.41, 5.74) is -0.393. The van der Waals surface area contributed by atoms with Crippen molar-refractivity contribution < 1.29 is 9.53 Å². The molecule has 0 bridgehead atoms. The fourth-order valence-corrected chi connectivity index (χ4v) is 4.20. The van der Waals surface area contributed by atoms with Crippen LogP contribution in [0.2, 0.25) is 0 Å². The minimum atomic E-state index is -0.393. The molecule has 0 N–H and O–H groups in total. The number of unbranched alkanes of at least 4 members (excludes halogenated alkanes) is 3. The van der Waals surface area contributed by atoms with E-state index in [1.165, 1.54) is 0 Å². The summed E-state index contributed by atoms with van der Waals surface area (Å²) in [4.78, 5) is 12.6. The van der Waals surface area contributed by atoms with Crippen molar-refractivity contribution >= 4 is 30.4 Å². The molecule has 1 atom stereocenters. The standard InChI is InChI=1S/C22H38N2O2S2/c1-7-24-19(27)12-14-23(21(24)28)13-10-8-9-11-15-26-20(25)22(6,18(4)5)16-17(2)3/h12,14,17-18H,7-11,13,15-16H2,1-6H3. The van der Waals surface area contributed by atoms with E-state index in [0.717, 1.165) is 54.6 Å². The Morgan fingerprint density at radius 1 is 1.14 bits per heavy atom. The van der Waals surface area contributed by atoms with E-state index in [9.17, 15) is 4.79 Å². The Hall–Kier alpha value is -1.01. The SMILES string of the molecule is CCn1c(=S)ccn(CCCCCCOC(=O)C(C)(CC(C)C)C(C)C)c1=S. The van der Waals surface area contributed by atoms with E-state index in [1.807, 2.05) is 23.8 Å². The molecule has 1 aromatic heterocycles. The molecule has 0 aliphatic heterocycles. The van der Waals surface area contributed by atoms with Gasteiger partial charge < -0.3 is 13.9 Å². The summed E-state index contributed by atoms with van der Waals surface area (Å²) in [5.74, 6) is 0.711. The van der Waals surface area contributed by atoms with Crippen LogP contribution < -0.4 is 0 Å². The first-order valence-electron chi connectivity index (χ1n) is 10.6. The number of esters is 1. The summed E-state index contributed by atoms with van der Waals surface area (Å²) >= 11 is 10.8. The van der Waals surface area contributed by atoms with E-state index in [-0.39, 0.29) is 11.9 Å². The van der Waals surface area contributed by atoms with Gasteiger partial charge in [0.2, 0.25) is 0 Å². The van der Waals surface area contributed by atoms with E-state index in [1.54, 1.807) is 0 Å². The summed E-state index contributed by atoms with van der Waals surface area (Å²) < 4.78 is 11.3. The summed E-state index contributed by atoms with van der Waals surface area (Å²) in [7, 11) is 0. The average Bonchev–Trinajstić information content (AvgIpc) is 2.61. The van der Waals surface area contributed by atoms with E-state index < -0.39 is 5.41 Å². The molecule has 0 aliphatic rings. The highest BCUT2D eigenvalue weighted by Gasteiger charge is 2.38. The first-order valence-corrected chi connectivity index (χ1v) is 11.4. The van der Waals surface area contributed by atoms with Gasteiger partial charge in [-0.15, -0.1) is 0 Å². The lowest BCUT2D eigenvalue weighted by Gasteiger charge is -2.32. The second-order valence-corrected chi connectivity index (χ2v) is 9.38. The third-order valence-corrected chi connectivity index (χ3v) is 6.37. The highest BCUT2D eigenvalue weighted by atomic mass is 32.1. The number of hydrogen-bond acceptors (Lipinski definition) is 4. The summed E-state index contributed by atoms with van der Waals surface area (Å²) in [6.07, 6.45) is 6.96. The Morgan fingerprint density at radius 3 is 2.36 bits per heavy atom. The quantitative estimate of drug-likeness (QED) is 0.215. The zero-order valence-electron chi connectivity index (χ0n) is 18.5. The first-order chi connectivity index (χ1) is 13.1. The topological polar surface area (TPSA) is 36.2 Å². The van der Waals surface area contributed by atoms with Gasteiger partial charge in [-0.3, -0.25) is 4.79 Å². The smallest absolute Gasteiger partial charge is 0.312 e. The van der Waals surface area contributed by atoms with Crippen molar-refractivity contribution in [2.45, 2.75) is 86.7 Å². The Labute approximate surface area is 181 Å². The van der Waals surface area contributed by atoms with Gasteiger partial charge in [0.05, 0.1) is 12.0 Å². The molecule has 28 heavy (non-hydrogen) atoms. The molecule has 6 heteroatoms. The van der Waals surface area contributed by atoms with Crippen LogP contribution in [0.4, 0.5) is 0 Å². The Morgan fingerprint density at radius 2 is 1.79 bits per heavy atom. The van der Waals surface area contributed by atoms with Crippen LogP contribution in [-0.4, -0.2) is 21.7 Å². The van der Waals surface area contributed by atoms with Crippen LogP contribution in [0.3, 0.4) is 0 Å². The molecule has 1 rings (SSSR count). The lowest BCUT2D eigenvalue weighted by atomic mass is 9.73. The van der Waals surface area contributed by atoms with Crippen LogP contribution in [0, 0.1) is 26.7 Å². The minimum Gasteiger partial charge on any atom is -0.465 e.